The summed E-state index contributed by atoms with van der Waals surface area (Å²) in [5.74, 6) is -0.495. The van der Waals surface area contributed by atoms with Gasteiger partial charge in [-0.25, -0.2) is 19.3 Å². The van der Waals surface area contributed by atoms with Crippen molar-refractivity contribution in [2.45, 2.75) is 26.1 Å². The topological polar surface area (TPSA) is 151 Å². The number of imidazole rings is 1. The number of aromatic nitrogens is 4. The van der Waals surface area contributed by atoms with Crippen molar-refractivity contribution >= 4 is 17.8 Å². The van der Waals surface area contributed by atoms with Crippen LogP contribution in [0, 0.1) is 17.2 Å². The Balaban J connectivity index is 1.39. The number of hydrogen-bond acceptors (Lipinski definition) is 8. The molecule has 1 amide bonds. The van der Waals surface area contributed by atoms with Crippen molar-refractivity contribution in [3.8, 4) is 22.6 Å². The number of carbonyl (C=O) groups is 2. The van der Waals surface area contributed by atoms with Gasteiger partial charge >= 0.3 is 5.97 Å². The first-order valence-electron chi connectivity index (χ1n) is 12.0. The normalized spacial score (nSPS) is 21.4. The molecule has 0 spiro atoms. The molecule has 4 N–H and O–H groups in total. The van der Waals surface area contributed by atoms with E-state index in [0.29, 0.717) is 40.9 Å². The molecular formula is C25H27FN6O5. The zero-order chi connectivity index (χ0) is 26.0. The lowest BCUT2D eigenvalue weighted by molar-refractivity contribution is -0.231. The number of hydrogen-bond donors (Lipinski definition) is 4. The number of carbonyl (C=O) groups excluding carboxylic acids is 1. The average Bonchev–Trinajstić information content (AvgIpc) is 3.63. The first-order chi connectivity index (χ1) is 17.8. The highest BCUT2D eigenvalue weighted by molar-refractivity contribution is 5.82. The highest BCUT2D eigenvalue weighted by atomic mass is 19.1. The highest BCUT2D eigenvalue weighted by Crippen LogP contribution is 2.36. The van der Waals surface area contributed by atoms with Crippen LogP contribution in [0.5, 0.6) is 0 Å². The summed E-state index contributed by atoms with van der Waals surface area (Å²) >= 11 is 0. The van der Waals surface area contributed by atoms with Crippen LogP contribution >= 0.6 is 0 Å². The van der Waals surface area contributed by atoms with Crippen molar-refractivity contribution in [3.63, 3.8) is 0 Å². The van der Waals surface area contributed by atoms with Gasteiger partial charge in [0, 0.05) is 18.3 Å². The minimum absolute atomic E-state index is 0.104. The monoisotopic (exact) mass is 510 g/mol. The van der Waals surface area contributed by atoms with E-state index in [1.165, 1.54) is 18.3 Å². The summed E-state index contributed by atoms with van der Waals surface area (Å²) < 4.78 is 25.4. The second-order valence-electron chi connectivity index (χ2n) is 9.53. The molecule has 2 aromatic heterocycles. The van der Waals surface area contributed by atoms with Crippen molar-refractivity contribution in [2.75, 3.05) is 31.6 Å². The van der Waals surface area contributed by atoms with Gasteiger partial charge in [0.2, 0.25) is 18.1 Å². The Labute approximate surface area is 211 Å². The second kappa shape index (κ2) is 10.2. The van der Waals surface area contributed by atoms with Gasteiger partial charge in [-0.2, -0.15) is 0 Å². The van der Waals surface area contributed by atoms with Crippen molar-refractivity contribution in [1.29, 1.82) is 0 Å². The summed E-state index contributed by atoms with van der Waals surface area (Å²) in [4.78, 5) is 39.9. The van der Waals surface area contributed by atoms with Crippen LogP contribution in [0.2, 0.25) is 0 Å². The zero-order valence-electron chi connectivity index (χ0n) is 20.2. The number of benzene rings is 1. The number of nitrogens with zero attached hydrogens (tertiary/aromatic N) is 3. The van der Waals surface area contributed by atoms with E-state index in [1.807, 2.05) is 0 Å². The zero-order valence-corrected chi connectivity index (χ0v) is 20.2. The Hall–Kier alpha value is -3.90. The predicted molar refractivity (Wildman–Crippen MR) is 130 cm³/mol. The molecule has 5 rings (SSSR count). The molecule has 194 valence electrons. The fourth-order valence-corrected chi connectivity index (χ4v) is 3.91. The molecule has 1 saturated heterocycles. The van der Waals surface area contributed by atoms with Crippen LogP contribution in [0.3, 0.4) is 0 Å². The third-order valence-corrected chi connectivity index (χ3v) is 6.28. The lowest BCUT2D eigenvalue weighted by Crippen LogP contribution is -2.49. The van der Waals surface area contributed by atoms with E-state index in [4.69, 9.17) is 14.6 Å². The molecule has 12 heteroatoms. The number of carboxylic acid groups (broad SMARTS) is 1. The predicted octanol–water partition coefficient (Wildman–Crippen LogP) is 2.75. The summed E-state index contributed by atoms with van der Waals surface area (Å²) in [6.45, 7) is 2.41. The van der Waals surface area contributed by atoms with E-state index in [0.717, 1.165) is 12.8 Å². The van der Waals surface area contributed by atoms with Crippen molar-refractivity contribution in [2.24, 2.45) is 11.3 Å². The quantitative estimate of drug-likeness (QED) is 0.341. The van der Waals surface area contributed by atoms with Crippen LogP contribution < -0.4 is 10.6 Å². The molecule has 0 radical (unpaired) electrons. The summed E-state index contributed by atoms with van der Waals surface area (Å²) in [7, 11) is 0. The third kappa shape index (κ3) is 5.75. The number of rotatable bonds is 9. The van der Waals surface area contributed by atoms with Crippen molar-refractivity contribution < 1.29 is 28.6 Å². The van der Waals surface area contributed by atoms with Gasteiger partial charge in [-0.05, 0) is 56.0 Å². The van der Waals surface area contributed by atoms with Crippen LogP contribution in [0.25, 0.3) is 22.6 Å². The third-order valence-electron chi connectivity index (χ3n) is 6.28. The van der Waals surface area contributed by atoms with E-state index in [1.54, 1.807) is 25.1 Å². The number of nitrogens with one attached hydrogen (secondary N) is 3. The van der Waals surface area contributed by atoms with Crippen LogP contribution in [0.4, 0.5) is 10.3 Å². The lowest BCUT2D eigenvalue weighted by Gasteiger charge is -2.35. The number of H-pyrrole nitrogens is 1. The Kier molecular flexibility index (Phi) is 6.85. The van der Waals surface area contributed by atoms with Gasteiger partial charge < -0.3 is 30.2 Å². The maximum atomic E-state index is 13.6. The average molecular weight is 511 g/mol. The highest BCUT2D eigenvalue weighted by Gasteiger charge is 2.41. The number of aromatic amines is 1. The Bertz CT molecular complexity index is 1280. The molecule has 0 bridgehead atoms. The maximum Gasteiger partial charge on any atom is 0.322 e. The van der Waals surface area contributed by atoms with Crippen LogP contribution in [0.15, 0.2) is 36.5 Å². The molecule has 37 heavy (non-hydrogen) atoms. The first-order valence-corrected chi connectivity index (χ1v) is 12.0. The smallest absolute Gasteiger partial charge is 0.322 e. The molecule has 3 aromatic rings. The van der Waals surface area contributed by atoms with Gasteiger partial charge in [0.05, 0.1) is 35.7 Å². The number of ether oxygens (including phenoxy) is 2. The Morgan fingerprint density at radius 3 is 2.57 bits per heavy atom. The van der Waals surface area contributed by atoms with Crippen molar-refractivity contribution in [1.82, 2.24) is 25.3 Å². The van der Waals surface area contributed by atoms with Gasteiger partial charge in [0.1, 0.15) is 12.4 Å². The molecule has 3 heterocycles. The number of amides is 1. The number of anilines is 1. The van der Waals surface area contributed by atoms with Crippen LogP contribution in [-0.2, 0) is 19.1 Å². The molecule has 2 aliphatic rings. The molecule has 1 aliphatic heterocycles. The van der Waals surface area contributed by atoms with Gasteiger partial charge in [-0.1, -0.05) is 0 Å². The van der Waals surface area contributed by atoms with E-state index < -0.39 is 17.7 Å². The SMILES string of the molecule is CC1(C(=O)NCC2CC2)COC(c2nc(-c3ccc(F)cc3)c(-c3ccnc(NCC(=O)O)n3)[nH]2)OC1. The summed E-state index contributed by atoms with van der Waals surface area (Å²) in [6, 6.07) is 7.47. The maximum absolute atomic E-state index is 13.6. The van der Waals surface area contributed by atoms with Gasteiger partial charge in [-0.15, -0.1) is 0 Å². The molecule has 11 nitrogen and oxygen atoms in total. The number of halogens is 1. The van der Waals surface area contributed by atoms with E-state index in [-0.39, 0.29) is 37.4 Å². The standard InChI is InChI=1S/C25H27FN6O5/c1-25(23(35)28-10-14-2-3-14)12-36-22(37-13-25)21-31-19(15-4-6-16(26)7-5-15)20(32-21)17-8-9-27-24(30-17)29-11-18(33)34/h4-9,14,22H,2-3,10-13H2,1H3,(H,28,35)(H,31,32)(H,33,34)(H,27,29,30). The van der Waals surface area contributed by atoms with Crippen LogP contribution in [-0.4, -0.2) is 63.2 Å². The minimum Gasteiger partial charge on any atom is -0.480 e. The van der Waals surface area contributed by atoms with Gasteiger partial charge in [0.25, 0.3) is 0 Å². The molecule has 1 aliphatic carbocycles. The van der Waals surface area contributed by atoms with Gasteiger partial charge in [-0.3, -0.25) is 9.59 Å². The number of aliphatic carboxylic acids is 1. The Morgan fingerprint density at radius 1 is 1.16 bits per heavy atom. The second-order valence-corrected chi connectivity index (χ2v) is 9.53. The molecular weight excluding hydrogens is 483 g/mol. The Morgan fingerprint density at radius 2 is 1.89 bits per heavy atom. The molecule has 0 unspecified atom stereocenters. The largest absolute Gasteiger partial charge is 0.480 e. The summed E-state index contributed by atoms with van der Waals surface area (Å²) in [6.07, 6.45) is 2.92. The van der Waals surface area contributed by atoms with E-state index >= 15 is 0 Å². The molecule has 1 aromatic carbocycles. The van der Waals surface area contributed by atoms with Crippen LogP contribution in [0.1, 0.15) is 31.9 Å². The fourth-order valence-electron chi connectivity index (χ4n) is 3.91. The van der Waals surface area contributed by atoms with E-state index in [2.05, 4.69) is 30.6 Å². The first kappa shape index (κ1) is 24.8. The fraction of sp³-hybridized carbons (Fsp3) is 0.400. The van der Waals surface area contributed by atoms with Crippen molar-refractivity contribution in [3.05, 3.63) is 48.2 Å². The molecule has 0 atom stereocenters. The number of carboxylic acids is 1. The minimum atomic E-state index is -1.05. The molecule has 1 saturated carbocycles. The van der Waals surface area contributed by atoms with Gasteiger partial charge in [0.15, 0.2) is 5.82 Å². The summed E-state index contributed by atoms with van der Waals surface area (Å²) in [5, 5.41) is 14.6. The summed E-state index contributed by atoms with van der Waals surface area (Å²) in [5.41, 5.74) is 1.20. The van der Waals surface area contributed by atoms with E-state index in [9.17, 15) is 14.0 Å². The lowest BCUT2D eigenvalue weighted by atomic mass is 9.91. The molecule has 2 fully saturated rings.